The Morgan fingerprint density at radius 3 is 2.38 bits per heavy atom. The van der Waals surface area contributed by atoms with Crippen LogP contribution in [0.2, 0.25) is 0 Å². The number of hydrogen-bond donors (Lipinski definition) is 2. The lowest BCUT2D eigenvalue weighted by Gasteiger charge is -2.22. The molecule has 90 valence electrons. The van der Waals surface area contributed by atoms with Crippen LogP contribution in [0, 0.1) is 0 Å². The lowest BCUT2D eigenvalue weighted by molar-refractivity contribution is -0.182. The number of aliphatic hydroxyl groups excluding tert-OH is 2. The molecule has 3 atom stereocenters. The normalized spacial score (nSPS) is 16.8. The van der Waals surface area contributed by atoms with Gasteiger partial charge in [-0.05, 0) is 12.5 Å². The summed E-state index contributed by atoms with van der Waals surface area (Å²) in [4.78, 5) is 0. The van der Waals surface area contributed by atoms with Crippen molar-refractivity contribution in [2.45, 2.75) is 32.0 Å². The van der Waals surface area contributed by atoms with Crippen LogP contribution in [-0.2, 0) is 16.1 Å². The maximum Gasteiger partial charge on any atom is 0.183 e. The Hall–Kier alpha value is -0.940. The zero-order valence-corrected chi connectivity index (χ0v) is 9.54. The van der Waals surface area contributed by atoms with Gasteiger partial charge in [0.1, 0.15) is 6.10 Å². The molecule has 0 amide bonds. The van der Waals surface area contributed by atoms with Crippen molar-refractivity contribution in [1.29, 1.82) is 0 Å². The highest BCUT2D eigenvalue weighted by Gasteiger charge is 2.23. The summed E-state index contributed by atoms with van der Waals surface area (Å²) < 4.78 is 10.0. The number of methoxy groups -OCH3 is 1. The Labute approximate surface area is 95.4 Å². The van der Waals surface area contributed by atoms with Gasteiger partial charge in [0.15, 0.2) is 6.29 Å². The van der Waals surface area contributed by atoms with E-state index < -0.39 is 18.5 Å². The summed E-state index contributed by atoms with van der Waals surface area (Å²) in [6.07, 6.45) is -2.75. The van der Waals surface area contributed by atoms with Gasteiger partial charge in [-0.25, -0.2) is 0 Å². The molecule has 4 heteroatoms. The average molecular weight is 226 g/mol. The average Bonchev–Trinajstić information content (AvgIpc) is 2.35. The van der Waals surface area contributed by atoms with E-state index in [2.05, 4.69) is 4.74 Å². The van der Waals surface area contributed by atoms with Gasteiger partial charge in [0.05, 0.1) is 12.7 Å². The molecule has 0 saturated carbocycles. The topological polar surface area (TPSA) is 58.9 Å². The minimum absolute atomic E-state index is 0.398. The third-order valence-corrected chi connectivity index (χ3v) is 2.37. The van der Waals surface area contributed by atoms with Crippen molar-refractivity contribution < 1.29 is 19.7 Å². The van der Waals surface area contributed by atoms with Crippen molar-refractivity contribution in [3.8, 4) is 0 Å². The van der Waals surface area contributed by atoms with Gasteiger partial charge in [0.25, 0.3) is 0 Å². The van der Waals surface area contributed by atoms with Crippen LogP contribution in [0.5, 0.6) is 0 Å². The van der Waals surface area contributed by atoms with Gasteiger partial charge in [0.2, 0.25) is 0 Å². The Morgan fingerprint density at radius 1 is 1.19 bits per heavy atom. The minimum Gasteiger partial charge on any atom is -0.385 e. The Morgan fingerprint density at radius 2 is 1.81 bits per heavy atom. The molecule has 2 N–H and O–H groups in total. The van der Waals surface area contributed by atoms with E-state index in [-0.39, 0.29) is 0 Å². The Bertz CT molecular complexity index is 288. The van der Waals surface area contributed by atoms with E-state index in [0.29, 0.717) is 6.61 Å². The first-order valence-electron chi connectivity index (χ1n) is 5.19. The third-order valence-electron chi connectivity index (χ3n) is 2.37. The molecule has 0 aliphatic carbocycles. The van der Waals surface area contributed by atoms with Gasteiger partial charge in [-0.15, -0.1) is 0 Å². The molecule has 0 aliphatic rings. The van der Waals surface area contributed by atoms with Crippen LogP contribution in [0.3, 0.4) is 0 Å². The maximum absolute atomic E-state index is 9.56. The van der Waals surface area contributed by atoms with Crippen molar-refractivity contribution in [2.75, 3.05) is 7.11 Å². The van der Waals surface area contributed by atoms with Crippen LogP contribution in [-0.4, -0.2) is 35.8 Å². The Kier molecular flexibility index (Phi) is 5.42. The summed E-state index contributed by atoms with van der Waals surface area (Å²) in [6.45, 7) is 2.09. The first-order chi connectivity index (χ1) is 7.65. The highest BCUT2D eigenvalue weighted by Crippen LogP contribution is 2.08. The predicted molar refractivity (Wildman–Crippen MR) is 59.7 cm³/mol. The molecule has 0 spiro atoms. The molecular weight excluding hydrogens is 208 g/mol. The summed E-state index contributed by atoms with van der Waals surface area (Å²) in [5.74, 6) is 0. The molecule has 1 aromatic carbocycles. The van der Waals surface area contributed by atoms with E-state index in [0.717, 1.165) is 5.56 Å². The number of hydrogen-bond acceptors (Lipinski definition) is 4. The van der Waals surface area contributed by atoms with E-state index in [4.69, 9.17) is 4.74 Å². The molecule has 1 rings (SSSR count). The van der Waals surface area contributed by atoms with E-state index in [1.807, 2.05) is 30.3 Å². The largest absolute Gasteiger partial charge is 0.385 e. The summed E-state index contributed by atoms with van der Waals surface area (Å²) >= 11 is 0. The summed E-state index contributed by atoms with van der Waals surface area (Å²) in [6, 6.07) is 9.64. The third kappa shape index (κ3) is 3.90. The van der Waals surface area contributed by atoms with Crippen molar-refractivity contribution in [3.05, 3.63) is 35.9 Å². The lowest BCUT2D eigenvalue weighted by Crippen LogP contribution is -2.38. The van der Waals surface area contributed by atoms with Gasteiger partial charge in [-0.1, -0.05) is 30.3 Å². The van der Waals surface area contributed by atoms with Gasteiger partial charge in [-0.2, -0.15) is 0 Å². The minimum atomic E-state index is -1.22. The second-order valence-corrected chi connectivity index (χ2v) is 3.62. The van der Waals surface area contributed by atoms with Crippen LogP contribution < -0.4 is 0 Å². The van der Waals surface area contributed by atoms with Gasteiger partial charge < -0.3 is 19.7 Å². The highest BCUT2D eigenvalue weighted by molar-refractivity contribution is 5.13. The molecule has 1 aromatic rings. The second-order valence-electron chi connectivity index (χ2n) is 3.62. The number of benzene rings is 1. The van der Waals surface area contributed by atoms with Gasteiger partial charge in [-0.3, -0.25) is 0 Å². The van der Waals surface area contributed by atoms with Gasteiger partial charge in [0, 0.05) is 7.11 Å². The van der Waals surface area contributed by atoms with Crippen molar-refractivity contribution in [1.82, 2.24) is 0 Å². The molecule has 16 heavy (non-hydrogen) atoms. The maximum atomic E-state index is 9.56. The number of ether oxygens (including phenoxy) is 2. The second kappa shape index (κ2) is 6.60. The zero-order chi connectivity index (χ0) is 12.0. The van der Waals surface area contributed by atoms with E-state index in [1.165, 1.54) is 7.11 Å². The van der Waals surface area contributed by atoms with Gasteiger partial charge >= 0.3 is 0 Å². The van der Waals surface area contributed by atoms with E-state index >= 15 is 0 Å². The predicted octanol–water partition coefficient (Wildman–Crippen LogP) is 0.917. The van der Waals surface area contributed by atoms with Crippen molar-refractivity contribution in [2.24, 2.45) is 0 Å². The molecular formula is C12H18O4. The smallest absolute Gasteiger partial charge is 0.183 e. The standard InChI is InChI=1S/C12H18O4/c1-9(11(13)12(14)15-2)16-8-10-6-4-3-5-7-10/h3-7,9,11-14H,8H2,1-2H3. The fourth-order valence-electron chi connectivity index (χ4n) is 1.27. The molecule has 0 fully saturated rings. The molecule has 0 heterocycles. The van der Waals surface area contributed by atoms with Crippen molar-refractivity contribution in [3.63, 3.8) is 0 Å². The monoisotopic (exact) mass is 226 g/mol. The van der Waals surface area contributed by atoms with Crippen LogP contribution in [0.25, 0.3) is 0 Å². The summed E-state index contributed by atoms with van der Waals surface area (Å²) in [5.41, 5.74) is 1.02. The van der Waals surface area contributed by atoms with E-state index in [9.17, 15) is 10.2 Å². The number of aliphatic hydroxyl groups is 2. The van der Waals surface area contributed by atoms with Crippen LogP contribution in [0.4, 0.5) is 0 Å². The SMILES string of the molecule is COC(O)C(O)C(C)OCc1ccccc1. The summed E-state index contributed by atoms with van der Waals surface area (Å²) in [7, 11) is 1.33. The molecule has 3 unspecified atom stereocenters. The lowest BCUT2D eigenvalue weighted by atomic mass is 10.2. The quantitative estimate of drug-likeness (QED) is 0.708. The first-order valence-corrected chi connectivity index (χ1v) is 5.19. The van der Waals surface area contributed by atoms with E-state index in [1.54, 1.807) is 6.92 Å². The highest BCUT2D eigenvalue weighted by atomic mass is 16.6. The zero-order valence-electron chi connectivity index (χ0n) is 9.54. The molecule has 0 aromatic heterocycles. The van der Waals surface area contributed by atoms with Crippen LogP contribution in [0.1, 0.15) is 12.5 Å². The molecule has 4 nitrogen and oxygen atoms in total. The fourth-order valence-corrected chi connectivity index (χ4v) is 1.27. The van der Waals surface area contributed by atoms with Crippen molar-refractivity contribution >= 4 is 0 Å². The van der Waals surface area contributed by atoms with Crippen LogP contribution in [0.15, 0.2) is 30.3 Å². The fraction of sp³-hybridized carbons (Fsp3) is 0.500. The number of rotatable bonds is 6. The molecule has 0 saturated heterocycles. The molecule has 0 aliphatic heterocycles. The molecule has 0 bridgehead atoms. The molecule has 0 radical (unpaired) electrons. The summed E-state index contributed by atoms with van der Waals surface area (Å²) in [5, 5.41) is 18.8. The first kappa shape index (κ1) is 13.1. The van der Waals surface area contributed by atoms with Crippen LogP contribution >= 0.6 is 0 Å². The Balaban J connectivity index is 2.38.